The van der Waals surface area contributed by atoms with Crippen LogP contribution in [0.25, 0.3) is 0 Å². The van der Waals surface area contributed by atoms with Gasteiger partial charge in [0.05, 0.1) is 12.6 Å². The van der Waals surface area contributed by atoms with Gasteiger partial charge in [0.25, 0.3) is 5.91 Å². The summed E-state index contributed by atoms with van der Waals surface area (Å²) in [7, 11) is 1.71. The number of nitrogens with one attached hydrogen (secondary N) is 1. The summed E-state index contributed by atoms with van der Waals surface area (Å²) in [4.78, 5) is 13.5. The first kappa shape index (κ1) is 18.2. The van der Waals surface area contributed by atoms with Crippen molar-refractivity contribution in [3.8, 4) is 0 Å². The van der Waals surface area contributed by atoms with E-state index in [1.807, 2.05) is 30.8 Å². The maximum atomic E-state index is 12.3. The number of amides is 1. The summed E-state index contributed by atoms with van der Waals surface area (Å²) in [6, 6.07) is 8.35. The topological polar surface area (TPSA) is 85.8 Å². The Morgan fingerprint density at radius 3 is 2.62 bits per heavy atom. The standard InChI is InChI=1S/C18H21N5O2S/c1-11(2)26-14-7-5-13(6-8-14)9-15-21-22-18(25-15)20-17(24)16-12(3)10-19-23(16)4/h5-8,10-11H,9H2,1-4H3,(H,20,22,24). The minimum absolute atomic E-state index is 0.0811. The summed E-state index contributed by atoms with van der Waals surface area (Å²) in [6.45, 7) is 6.15. The number of nitrogens with zero attached hydrogens (tertiary/aromatic N) is 4. The average molecular weight is 371 g/mol. The van der Waals surface area contributed by atoms with Gasteiger partial charge >= 0.3 is 6.01 Å². The van der Waals surface area contributed by atoms with Gasteiger partial charge in [0.2, 0.25) is 5.89 Å². The average Bonchev–Trinajstić information content (AvgIpc) is 3.15. The molecular weight excluding hydrogens is 350 g/mol. The van der Waals surface area contributed by atoms with E-state index in [2.05, 4.69) is 46.6 Å². The summed E-state index contributed by atoms with van der Waals surface area (Å²) in [5.41, 5.74) is 2.31. The van der Waals surface area contributed by atoms with Crippen LogP contribution in [0, 0.1) is 6.92 Å². The number of rotatable bonds is 6. The van der Waals surface area contributed by atoms with Crippen molar-refractivity contribution in [2.24, 2.45) is 7.05 Å². The molecule has 0 unspecified atom stereocenters. The van der Waals surface area contributed by atoms with Crippen LogP contribution < -0.4 is 5.32 Å². The first-order valence-electron chi connectivity index (χ1n) is 8.30. The molecule has 0 saturated heterocycles. The fourth-order valence-electron chi connectivity index (χ4n) is 2.54. The third-order valence-corrected chi connectivity index (χ3v) is 4.69. The zero-order chi connectivity index (χ0) is 18.7. The van der Waals surface area contributed by atoms with Gasteiger partial charge in [-0.05, 0) is 30.2 Å². The minimum atomic E-state index is -0.326. The van der Waals surface area contributed by atoms with Crippen LogP contribution in [-0.4, -0.2) is 31.1 Å². The molecular formula is C18H21N5O2S. The van der Waals surface area contributed by atoms with Crippen molar-refractivity contribution in [2.75, 3.05) is 5.32 Å². The molecule has 1 amide bonds. The number of carbonyl (C=O) groups excluding carboxylic acids is 1. The van der Waals surface area contributed by atoms with Gasteiger partial charge in [-0.15, -0.1) is 16.9 Å². The number of aromatic nitrogens is 4. The lowest BCUT2D eigenvalue weighted by molar-refractivity contribution is 0.101. The van der Waals surface area contributed by atoms with Crippen molar-refractivity contribution in [1.29, 1.82) is 0 Å². The Kier molecular flexibility index (Phi) is 5.41. The Hall–Kier alpha value is -2.61. The first-order chi connectivity index (χ1) is 12.4. The highest BCUT2D eigenvalue weighted by Gasteiger charge is 2.17. The molecule has 3 aromatic rings. The largest absolute Gasteiger partial charge is 0.407 e. The molecule has 0 fully saturated rings. The third-order valence-electron chi connectivity index (χ3n) is 3.67. The van der Waals surface area contributed by atoms with Gasteiger partial charge in [-0.2, -0.15) is 5.10 Å². The molecule has 3 rings (SSSR count). The molecule has 0 radical (unpaired) electrons. The molecule has 7 nitrogen and oxygen atoms in total. The number of anilines is 1. The fourth-order valence-corrected chi connectivity index (χ4v) is 3.38. The number of carbonyl (C=O) groups is 1. The number of hydrogen-bond acceptors (Lipinski definition) is 6. The third kappa shape index (κ3) is 4.32. The number of benzene rings is 1. The van der Waals surface area contributed by atoms with Crippen molar-refractivity contribution in [2.45, 2.75) is 37.3 Å². The molecule has 0 aliphatic heterocycles. The van der Waals surface area contributed by atoms with E-state index in [4.69, 9.17) is 4.42 Å². The van der Waals surface area contributed by atoms with Crippen molar-refractivity contribution in [3.05, 3.63) is 53.2 Å². The lowest BCUT2D eigenvalue weighted by atomic mass is 10.1. The van der Waals surface area contributed by atoms with Crippen LogP contribution in [0.4, 0.5) is 6.01 Å². The highest BCUT2D eigenvalue weighted by Crippen LogP contribution is 2.23. The molecule has 0 aliphatic carbocycles. The fraction of sp³-hybridized carbons (Fsp3) is 0.333. The molecule has 0 saturated carbocycles. The Balaban J connectivity index is 1.64. The van der Waals surface area contributed by atoms with Crippen LogP contribution in [0.15, 0.2) is 39.8 Å². The maximum absolute atomic E-state index is 12.3. The quantitative estimate of drug-likeness (QED) is 0.668. The van der Waals surface area contributed by atoms with Crippen molar-refractivity contribution >= 4 is 23.7 Å². The van der Waals surface area contributed by atoms with E-state index in [-0.39, 0.29) is 11.9 Å². The zero-order valence-electron chi connectivity index (χ0n) is 15.2. The molecule has 0 bridgehead atoms. The van der Waals surface area contributed by atoms with E-state index in [0.717, 1.165) is 11.1 Å². The lowest BCUT2D eigenvalue weighted by Crippen LogP contribution is -2.17. The molecule has 136 valence electrons. The summed E-state index contributed by atoms with van der Waals surface area (Å²) in [5, 5.41) is 15.1. The molecule has 8 heteroatoms. The van der Waals surface area contributed by atoms with Crippen LogP contribution in [0.5, 0.6) is 0 Å². The molecule has 0 atom stereocenters. The van der Waals surface area contributed by atoms with Gasteiger partial charge in [-0.25, -0.2) is 0 Å². The second-order valence-corrected chi connectivity index (χ2v) is 7.89. The Morgan fingerprint density at radius 2 is 2.00 bits per heavy atom. The molecule has 26 heavy (non-hydrogen) atoms. The SMILES string of the molecule is Cc1cnn(C)c1C(=O)Nc1nnc(Cc2ccc(SC(C)C)cc2)o1. The second kappa shape index (κ2) is 7.74. The summed E-state index contributed by atoms with van der Waals surface area (Å²) < 4.78 is 7.05. The number of thioether (sulfide) groups is 1. The zero-order valence-corrected chi connectivity index (χ0v) is 16.0. The molecule has 0 spiro atoms. The van der Waals surface area contributed by atoms with Gasteiger partial charge < -0.3 is 4.42 Å². The van der Waals surface area contributed by atoms with Crippen molar-refractivity contribution < 1.29 is 9.21 Å². The van der Waals surface area contributed by atoms with E-state index in [1.165, 1.54) is 9.58 Å². The Labute approximate surface area is 156 Å². The van der Waals surface area contributed by atoms with Crippen molar-refractivity contribution in [3.63, 3.8) is 0 Å². The van der Waals surface area contributed by atoms with E-state index in [9.17, 15) is 4.79 Å². The molecule has 2 heterocycles. The molecule has 0 aliphatic rings. The van der Waals surface area contributed by atoms with Crippen LogP contribution >= 0.6 is 11.8 Å². The van der Waals surface area contributed by atoms with E-state index in [0.29, 0.717) is 23.3 Å². The first-order valence-corrected chi connectivity index (χ1v) is 9.18. The van der Waals surface area contributed by atoms with Crippen LogP contribution in [-0.2, 0) is 13.5 Å². The predicted molar refractivity (Wildman–Crippen MR) is 100 cm³/mol. The minimum Gasteiger partial charge on any atom is -0.407 e. The van der Waals surface area contributed by atoms with Crippen LogP contribution in [0.1, 0.15) is 41.4 Å². The number of aryl methyl sites for hydroxylation is 2. The van der Waals surface area contributed by atoms with E-state index < -0.39 is 0 Å². The summed E-state index contributed by atoms with van der Waals surface area (Å²) >= 11 is 1.82. The van der Waals surface area contributed by atoms with Gasteiger partial charge in [0.15, 0.2) is 0 Å². The summed E-state index contributed by atoms with van der Waals surface area (Å²) in [6.07, 6.45) is 2.15. The molecule has 2 aromatic heterocycles. The lowest BCUT2D eigenvalue weighted by Gasteiger charge is -2.05. The maximum Gasteiger partial charge on any atom is 0.322 e. The summed E-state index contributed by atoms with van der Waals surface area (Å²) in [5.74, 6) is 0.124. The van der Waals surface area contributed by atoms with Crippen LogP contribution in [0.3, 0.4) is 0 Å². The predicted octanol–water partition coefficient (Wildman–Crippen LogP) is 3.46. The normalized spacial score (nSPS) is 11.1. The highest BCUT2D eigenvalue weighted by molar-refractivity contribution is 7.99. The molecule has 1 aromatic carbocycles. The van der Waals surface area contributed by atoms with Gasteiger partial charge in [-0.3, -0.25) is 14.8 Å². The number of hydrogen-bond donors (Lipinski definition) is 1. The monoisotopic (exact) mass is 371 g/mol. The van der Waals surface area contributed by atoms with E-state index in [1.54, 1.807) is 13.2 Å². The Morgan fingerprint density at radius 1 is 1.27 bits per heavy atom. The van der Waals surface area contributed by atoms with Crippen LogP contribution in [0.2, 0.25) is 0 Å². The smallest absolute Gasteiger partial charge is 0.322 e. The van der Waals surface area contributed by atoms with Crippen molar-refractivity contribution in [1.82, 2.24) is 20.0 Å². The second-order valence-electron chi connectivity index (χ2n) is 6.24. The Bertz CT molecular complexity index is 879. The highest BCUT2D eigenvalue weighted by atomic mass is 32.2. The van der Waals surface area contributed by atoms with E-state index >= 15 is 0 Å². The van der Waals surface area contributed by atoms with Gasteiger partial charge in [0, 0.05) is 17.2 Å². The van der Waals surface area contributed by atoms with Gasteiger partial charge in [0.1, 0.15) is 5.69 Å². The molecule has 1 N–H and O–H groups in total. The van der Waals surface area contributed by atoms with Gasteiger partial charge in [-0.1, -0.05) is 31.1 Å².